The zero-order chi connectivity index (χ0) is 17.7. The fourth-order valence-corrected chi connectivity index (χ4v) is 4.28. The Morgan fingerprint density at radius 1 is 0.960 bits per heavy atom. The summed E-state index contributed by atoms with van der Waals surface area (Å²) < 4.78 is 37.1. The Labute approximate surface area is 153 Å². The van der Waals surface area contributed by atoms with Crippen molar-refractivity contribution >= 4 is 33.0 Å². The van der Waals surface area contributed by atoms with Crippen molar-refractivity contribution in [3.63, 3.8) is 0 Å². The highest BCUT2D eigenvalue weighted by Crippen LogP contribution is 2.19. The van der Waals surface area contributed by atoms with Crippen LogP contribution in [0.1, 0.15) is 0 Å². The van der Waals surface area contributed by atoms with Crippen LogP contribution in [0.15, 0.2) is 29.2 Å². The Morgan fingerprint density at radius 2 is 1.52 bits per heavy atom. The van der Waals surface area contributed by atoms with Gasteiger partial charge in [-0.2, -0.15) is 4.31 Å². The number of morpholine rings is 2. The molecule has 2 N–H and O–H groups in total. The fourth-order valence-electron chi connectivity index (χ4n) is 2.62. The van der Waals surface area contributed by atoms with E-state index < -0.39 is 10.0 Å². The molecule has 25 heavy (non-hydrogen) atoms. The summed E-state index contributed by atoms with van der Waals surface area (Å²) in [5, 5.41) is 5.50. The molecule has 0 radical (unpaired) electrons. The van der Waals surface area contributed by atoms with E-state index in [-0.39, 0.29) is 4.90 Å². The van der Waals surface area contributed by atoms with Crippen LogP contribution in [0, 0.1) is 0 Å². The van der Waals surface area contributed by atoms with Crippen LogP contribution < -0.4 is 10.7 Å². The molecule has 2 heterocycles. The number of hydrazine groups is 1. The molecule has 8 nitrogen and oxygen atoms in total. The Morgan fingerprint density at radius 3 is 2.12 bits per heavy atom. The van der Waals surface area contributed by atoms with Gasteiger partial charge in [0.1, 0.15) is 0 Å². The lowest BCUT2D eigenvalue weighted by molar-refractivity contribution is 0.0252. The zero-order valence-corrected chi connectivity index (χ0v) is 15.4. The second kappa shape index (κ2) is 8.39. The summed E-state index contributed by atoms with van der Waals surface area (Å²) in [6.45, 7) is 4.50. The lowest BCUT2D eigenvalue weighted by Crippen LogP contribution is -2.49. The Bertz CT molecular complexity index is 684. The lowest BCUT2D eigenvalue weighted by atomic mass is 10.3. The van der Waals surface area contributed by atoms with Gasteiger partial charge in [0.25, 0.3) is 0 Å². The maximum atomic E-state index is 12.6. The van der Waals surface area contributed by atoms with Crippen molar-refractivity contribution in [3.05, 3.63) is 24.3 Å². The molecule has 1 aromatic rings. The van der Waals surface area contributed by atoms with Gasteiger partial charge in [0, 0.05) is 31.9 Å². The predicted molar refractivity (Wildman–Crippen MR) is 97.8 cm³/mol. The standard InChI is InChI=1S/C15H22N4O4S2/c20-25(21,19-7-11-23-12-8-19)14-3-1-13(2-4-14)16-15(24)17-18-5-9-22-10-6-18/h1-4H,5-12H2,(H2,16,17,24). The summed E-state index contributed by atoms with van der Waals surface area (Å²) in [6.07, 6.45) is 0. The summed E-state index contributed by atoms with van der Waals surface area (Å²) >= 11 is 5.28. The number of hydrogen-bond donors (Lipinski definition) is 2. The van der Waals surface area contributed by atoms with E-state index in [0.29, 0.717) is 44.6 Å². The first kappa shape index (κ1) is 18.5. The largest absolute Gasteiger partial charge is 0.379 e. The Kier molecular flexibility index (Phi) is 6.20. The van der Waals surface area contributed by atoms with Gasteiger partial charge in [0.2, 0.25) is 10.0 Å². The highest BCUT2D eigenvalue weighted by atomic mass is 32.2. The topological polar surface area (TPSA) is 83.1 Å². The smallest absolute Gasteiger partial charge is 0.243 e. The summed E-state index contributed by atoms with van der Waals surface area (Å²) in [6, 6.07) is 6.59. The van der Waals surface area contributed by atoms with E-state index in [2.05, 4.69) is 10.7 Å². The molecule has 0 saturated carbocycles. The number of hydrogen-bond acceptors (Lipinski definition) is 6. The maximum absolute atomic E-state index is 12.6. The van der Waals surface area contributed by atoms with Gasteiger partial charge in [-0.15, -0.1) is 0 Å². The molecule has 0 bridgehead atoms. The molecule has 0 atom stereocenters. The number of sulfonamides is 1. The average Bonchev–Trinajstić information content (AvgIpc) is 2.63. The van der Waals surface area contributed by atoms with Crippen molar-refractivity contribution in [2.45, 2.75) is 4.90 Å². The van der Waals surface area contributed by atoms with Crippen LogP contribution in [0.2, 0.25) is 0 Å². The second-order valence-corrected chi connectivity index (χ2v) is 8.05. The molecule has 0 spiro atoms. The predicted octanol–water partition coefficient (Wildman–Crippen LogP) is 0.241. The lowest BCUT2D eigenvalue weighted by Gasteiger charge is -2.28. The molecule has 2 saturated heterocycles. The van der Waals surface area contributed by atoms with Crippen LogP contribution in [-0.2, 0) is 19.5 Å². The minimum atomic E-state index is -3.47. The first-order valence-corrected chi connectivity index (χ1v) is 9.99. The van der Waals surface area contributed by atoms with Crippen LogP contribution in [0.4, 0.5) is 5.69 Å². The number of rotatable bonds is 4. The highest BCUT2D eigenvalue weighted by molar-refractivity contribution is 7.89. The van der Waals surface area contributed by atoms with Crippen molar-refractivity contribution < 1.29 is 17.9 Å². The van der Waals surface area contributed by atoms with Crippen molar-refractivity contribution in [2.75, 3.05) is 57.9 Å². The number of thiocarbonyl (C=S) groups is 1. The van der Waals surface area contributed by atoms with E-state index in [1.165, 1.54) is 4.31 Å². The summed E-state index contributed by atoms with van der Waals surface area (Å²) in [5.41, 5.74) is 3.83. The normalized spacial score (nSPS) is 20.2. The molecule has 1 aromatic carbocycles. The van der Waals surface area contributed by atoms with Crippen LogP contribution in [0.25, 0.3) is 0 Å². The monoisotopic (exact) mass is 386 g/mol. The van der Waals surface area contributed by atoms with Crippen LogP contribution >= 0.6 is 12.2 Å². The van der Waals surface area contributed by atoms with E-state index in [4.69, 9.17) is 21.7 Å². The van der Waals surface area contributed by atoms with Gasteiger partial charge in [-0.3, -0.25) is 5.43 Å². The molecule has 138 valence electrons. The number of nitrogens with one attached hydrogen (secondary N) is 2. The molecule has 0 amide bonds. The van der Waals surface area contributed by atoms with Gasteiger partial charge in [0.05, 0.1) is 31.3 Å². The third kappa shape index (κ3) is 4.87. The van der Waals surface area contributed by atoms with Crippen molar-refractivity contribution in [3.8, 4) is 0 Å². The van der Waals surface area contributed by atoms with E-state index in [1.807, 2.05) is 5.01 Å². The van der Waals surface area contributed by atoms with Crippen molar-refractivity contribution in [1.29, 1.82) is 0 Å². The fraction of sp³-hybridized carbons (Fsp3) is 0.533. The van der Waals surface area contributed by atoms with E-state index in [9.17, 15) is 8.42 Å². The first-order valence-electron chi connectivity index (χ1n) is 8.14. The minimum absolute atomic E-state index is 0.270. The SMILES string of the molecule is O=S(=O)(c1ccc(NC(=S)NN2CCOCC2)cc1)N1CCOCC1. The van der Waals surface area contributed by atoms with Gasteiger partial charge in [-0.05, 0) is 36.5 Å². The van der Waals surface area contributed by atoms with Gasteiger partial charge in [-0.1, -0.05) is 0 Å². The van der Waals surface area contributed by atoms with Gasteiger partial charge >= 0.3 is 0 Å². The minimum Gasteiger partial charge on any atom is -0.379 e. The number of nitrogens with zero attached hydrogens (tertiary/aromatic N) is 2. The van der Waals surface area contributed by atoms with Gasteiger partial charge < -0.3 is 14.8 Å². The van der Waals surface area contributed by atoms with Crippen molar-refractivity contribution in [2.24, 2.45) is 0 Å². The number of ether oxygens (including phenoxy) is 2. The molecule has 3 rings (SSSR count). The molecule has 2 aliphatic heterocycles. The molecular formula is C15H22N4O4S2. The van der Waals surface area contributed by atoms with Crippen LogP contribution in [0.5, 0.6) is 0 Å². The molecular weight excluding hydrogens is 364 g/mol. The van der Waals surface area contributed by atoms with Crippen LogP contribution in [0.3, 0.4) is 0 Å². The molecule has 0 aliphatic carbocycles. The molecule has 2 fully saturated rings. The number of anilines is 1. The Balaban J connectivity index is 1.58. The molecule has 2 aliphatic rings. The third-order valence-electron chi connectivity index (χ3n) is 3.99. The maximum Gasteiger partial charge on any atom is 0.243 e. The highest BCUT2D eigenvalue weighted by Gasteiger charge is 2.26. The van der Waals surface area contributed by atoms with Crippen molar-refractivity contribution in [1.82, 2.24) is 14.7 Å². The van der Waals surface area contributed by atoms with E-state index in [1.54, 1.807) is 24.3 Å². The molecule has 0 unspecified atom stereocenters. The quantitative estimate of drug-likeness (QED) is 0.712. The van der Waals surface area contributed by atoms with E-state index in [0.717, 1.165) is 18.8 Å². The summed E-state index contributed by atoms with van der Waals surface area (Å²) in [4.78, 5) is 0.270. The number of benzene rings is 1. The molecule has 10 heteroatoms. The summed E-state index contributed by atoms with van der Waals surface area (Å²) in [5.74, 6) is 0. The molecule has 0 aromatic heterocycles. The van der Waals surface area contributed by atoms with E-state index >= 15 is 0 Å². The zero-order valence-electron chi connectivity index (χ0n) is 13.8. The Hall–Kier alpha value is -1.30. The first-order chi connectivity index (χ1) is 12.1. The van der Waals surface area contributed by atoms with Gasteiger partial charge in [-0.25, -0.2) is 13.4 Å². The van der Waals surface area contributed by atoms with Gasteiger partial charge in [0.15, 0.2) is 5.11 Å². The third-order valence-corrected chi connectivity index (χ3v) is 6.10. The van der Waals surface area contributed by atoms with Crippen LogP contribution in [-0.4, -0.2) is 75.5 Å². The summed E-state index contributed by atoms with van der Waals surface area (Å²) in [7, 11) is -3.47. The second-order valence-electron chi connectivity index (χ2n) is 5.71. The average molecular weight is 386 g/mol.